The van der Waals surface area contributed by atoms with Crippen LogP contribution in [0.4, 0.5) is 0 Å². The number of ketones is 1. The van der Waals surface area contributed by atoms with Gasteiger partial charge in [0.1, 0.15) is 11.8 Å². The van der Waals surface area contributed by atoms with Gasteiger partial charge >= 0.3 is 0 Å². The van der Waals surface area contributed by atoms with Crippen LogP contribution in [0.1, 0.15) is 40.5 Å². The molecule has 0 saturated heterocycles. The number of guanidine groups is 1. The van der Waals surface area contributed by atoms with Gasteiger partial charge in [-0.2, -0.15) is 0 Å². The van der Waals surface area contributed by atoms with Gasteiger partial charge in [-0.1, -0.05) is 20.8 Å². The average molecular weight is 327 g/mol. The maximum absolute atomic E-state index is 12.2. The summed E-state index contributed by atoms with van der Waals surface area (Å²) in [6.45, 7) is 7.38. The van der Waals surface area contributed by atoms with Crippen molar-refractivity contribution in [3.8, 4) is 0 Å². The molecule has 0 unspecified atom stereocenters. The highest BCUT2D eigenvalue weighted by Gasteiger charge is 2.24. The average Bonchev–Trinajstić information content (AvgIpc) is 2.46. The van der Waals surface area contributed by atoms with E-state index in [2.05, 4.69) is 15.6 Å². The Bertz CT molecular complexity index is 444. The van der Waals surface area contributed by atoms with Gasteiger partial charge in [-0.15, -0.1) is 0 Å². The minimum atomic E-state index is -0.711. The number of carbonyl (C=O) groups is 3. The number of hydrogen-bond acceptors (Lipinski definition) is 4. The van der Waals surface area contributed by atoms with E-state index in [0.717, 1.165) is 0 Å². The van der Waals surface area contributed by atoms with E-state index in [1.54, 1.807) is 0 Å². The van der Waals surface area contributed by atoms with Gasteiger partial charge in [-0.05, 0) is 25.7 Å². The Labute approximate surface area is 137 Å². The van der Waals surface area contributed by atoms with Crippen molar-refractivity contribution in [2.24, 2.45) is 28.3 Å². The normalized spacial score (nSPS) is 13.1. The molecule has 0 aliphatic carbocycles. The number of amides is 2. The van der Waals surface area contributed by atoms with Crippen LogP contribution in [0.15, 0.2) is 4.99 Å². The summed E-state index contributed by atoms with van der Waals surface area (Å²) in [5, 5.41) is 5.25. The fourth-order valence-electron chi connectivity index (χ4n) is 1.71. The number of aliphatic imine (C=N–C) groups is 1. The lowest BCUT2D eigenvalue weighted by Gasteiger charge is -2.22. The zero-order valence-corrected chi connectivity index (χ0v) is 14.4. The van der Waals surface area contributed by atoms with Crippen LogP contribution in [-0.2, 0) is 14.4 Å². The first-order chi connectivity index (χ1) is 10.6. The molecule has 0 bridgehead atoms. The number of nitrogens with zero attached hydrogens (tertiary/aromatic N) is 1. The molecule has 0 radical (unpaired) electrons. The maximum atomic E-state index is 12.2. The van der Waals surface area contributed by atoms with Crippen molar-refractivity contribution in [2.75, 3.05) is 13.1 Å². The standard InChI is InChI=1S/C15H29N5O3/c1-9(2)11(4)13(22)20-12(6-5-7-18-15(16)17)14(23)19-8-10(3)21/h9,11-12H,5-8H2,1-4H3,(H,19,23)(H,20,22)(H4,16,17,18)/t11-,12-/m0/s1. The fraction of sp³-hybridized carbons (Fsp3) is 0.733. The summed E-state index contributed by atoms with van der Waals surface area (Å²) in [6.07, 6.45) is 0.920. The molecule has 0 spiro atoms. The molecule has 0 aliphatic rings. The number of rotatable bonds is 10. The van der Waals surface area contributed by atoms with Crippen LogP contribution >= 0.6 is 0 Å². The molecule has 2 atom stereocenters. The molecule has 6 N–H and O–H groups in total. The first kappa shape index (κ1) is 20.9. The van der Waals surface area contributed by atoms with Crippen molar-refractivity contribution in [2.45, 2.75) is 46.6 Å². The highest BCUT2D eigenvalue weighted by atomic mass is 16.2. The second-order valence-corrected chi connectivity index (χ2v) is 5.96. The summed E-state index contributed by atoms with van der Waals surface area (Å²) < 4.78 is 0. The van der Waals surface area contributed by atoms with Gasteiger partial charge in [0, 0.05) is 12.5 Å². The van der Waals surface area contributed by atoms with Gasteiger partial charge in [0.15, 0.2) is 5.96 Å². The number of hydrogen-bond donors (Lipinski definition) is 4. The first-order valence-electron chi connectivity index (χ1n) is 7.78. The highest BCUT2D eigenvalue weighted by molar-refractivity contribution is 5.90. The molecule has 0 aromatic heterocycles. The Morgan fingerprint density at radius 2 is 1.70 bits per heavy atom. The number of nitrogens with one attached hydrogen (secondary N) is 2. The van der Waals surface area contributed by atoms with Crippen LogP contribution in [0.3, 0.4) is 0 Å². The van der Waals surface area contributed by atoms with Crippen molar-refractivity contribution in [1.29, 1.82) is 0 Å². The van der Waals surface area contributed by atoms with E-state index in [1.165, 1.54) is 6.92 Å². The second kappa shape index (κ2) is 10.6. The zero-order valence-electron chi connectivity index (χ0n) is 14.4. The van der Waals surface area contributed by atoms with Crippen LogP contribution in [0.2, 0.25) is 0 Å². The first-order valence-corrected chi connectivity index (χ1v) is 7.78. The molecular weight excluding hydrogens is 298 g/mol. The largest absolute Gasteiger partial charge is 0.370 e. The van der Waals surface area contributed by atoms with E-state index < -0.39 is 6.04 Å². The maximum Gasteiger partial charge on any atom is 0.242 e. The smallest absolute Gasteiger partial charge is 0.242 e. The van der Waals surface area contributed by atoms with E-state index in [4.69, 9.17) is 11.5 Å². The molecule has 2 amide bonds. The molecule has 0 aliphatic heterocycles. The molecule has 8 heteroatoms. The van der Waals surface area contributed by atoms with Gasteiger partial charge in [-0.25, -0.2) is 0 Å². The summed E-state index contributed by atoms with van der Waals surface area (Å²) in [6, 6.07) is -0.711. The van der Waals surface area contributed by atoms with E-state index in [9.17, 15) is 14.4 Å². The van der Waals surface area contributed by atoms with E-state index >= 15 is 0 Å². The molecule has 23 heavy (non-hydrogen) atoms. The van der Waals surface area contributed by atoms with E-state index in [-0.39, 0.29) is 41.9 Å². The van der Waals surface area contributed by atoms with Crippen molar-refractivity contribution < 1.29 is 14.4 Å². The van der Waals surface area contributed by atoms with Crippen molar-refractivity contribution in [3.63, 3.8) is 0 Å². The zero-order chi connectivity index (χ0) is 18.0. The highest BCUT2D eigenvalue weighted by Crippen LogP contribution is 2.10. The molecule has 8 nitrogen and oxygen atoms in total. The predicted molar refractivity (Wildman–Crippen MR) is 89.5 cm³/mol. The van der Waals surface area contributed by atoms with Crippen molar-refractivity contribution in [1.82, 2.24) is 10.6 Å². The van der Waals surface area contributed by atoms with Crippen LogP contribution in [-0.4, -0.2) is 42.7 Å². The van der Waals surface area contributed by atoms with Gasteiger partial charge in [0.05, 0.1) is 6.54 Å². The molecule has 0 aromatic rings. The number of Topliss-reactive ketones (excluding diaryl/α,β-unsaturated/α-hetero) is 1. The monoisotopic (exact) mass is 327 g/mol. The molecular formula is C15H29N5O3. The van der Waals surface area contributed by atoms with E-state index in [0.29, 0.717) is 19.4 Å². The van der Waals surface area contributed by atoms with Crippen molar-refractivity contribution in [3.05, 3.63) is 0 Å². The second-order valence-electron chi connectivity index (χ2n) is 5.96. The summed E-state index contributed by atoms with van der Waals surface area (Å²) in [5.74, 6) is -0.785. The predicted octanol–water partition coefficient (Wildman–Crippen LogP) is -0.478. The summed E-state index contributed by atoms with van der Waals surface area (Å²) in [4.78, 5) is 39.1. The summed E-state index contributed by atoms with van der Waals surface area (Å²) in [7, 11) is 0. The quantitative estimate of drug-likeness (QED) is 0.244. The third-order valence-electron chi connectivity index (χ3n) is 3.50. The molecule has 0 aromatic carbocycles. The molecule has 0 saturated carbocycles. The van der Waals surface area contributed by atoms with Crippen LogP contribution in [0.5, 0.6) is 0 Å². The Morgan fingerprint density at radius 3 is 2.17 bits per heavy atom. The SMILES string of the molecule is CC(=O)CNC(=O)[C@H](CCCN=C(N)N)NC(=O)[C@@H](C)C(C)C. The lowest BCUT2D eigenvalue weighted by molar-refractivity contribution is -0.132. The minimum Gasteiger partial charge on any atom is -0.370 e. The van der Waals surface area contributed by atoms with Gasteiger partial charge in [0.2, 0.25) is 11.8 Å². The molecule has 0 fully saturated rings. The van der Waals surface area contributed by atoms with Gasteiger partial charge < -0.3 is 22.1 Å². The Morgan fingerprint density at radius 1 is 1.09 bits per heavy atom. The van der Waals surface area contributed by atoms with Crippen LogP contribution in [0, 0.1) is 11.8 Å². The lowest BCUT2D eigenvalue weighted by atomic mass is 9.96. The Hall–Kier alpha value is -2.12. The molecule has 132 valence electrons. The Kier molecular flexibility index (Phi) is 9.60. The van der Waals surface area contributed by atoms with Crippen molar-refractivity contribution >= 4 is 23.6 Å². The van der Waals surface area contributed by atoms with Gasteiger partial charge in [0.25, 0.3) is 0 Å². The summed E-state index contributed by atoms with van der Waals surface area (Å²) >= 11 is 0. The minimum absolute atomic E-state index is 0.0138. The topological polar surface area (TPSA) is 140 Å². The van der Waals surface area contributed by atoms with Crippen LogP contribution < -0.4 is 22.1 Å². The molecule has 0 rings (SSSR count). The summed E-state index contributed by atoms with van der Waals surface area (Å²) in [5.41, 5.74) is 10.5. The number of carbonyl (C=O) groups excluding carboxylic acids is 3. The third kappa shape index (κ3) is 9.49. The third-order valence-corrected chi connectivity index (χ3v) is 3.50. The van der Waals surface area contributed by atoms with Crippen LogP contribution in [0.25, 0.3) is 0 Å². The lowest BCUT2D eigenvalue weighted by Crippen LogP contribution is -2.49. The van der Waals surface area contributed by atoms with Gasteiger partial charge in [-0.3, -0.25) is 19.4 Å². The molecule has 0 heterocycles. The fourth-order valence-corrected chi connectivity index (χ4v) is 1.71. The number of nitrogens with two attached hydrogens (primary N) is 2. The van der Waals surface area contributed by atoms with E-state index in [1.807, 2.05) is 20.8 Å². The Balaban J connectivity index is 4.71.